The summed E-state index contributed by atoms with van der Waals surface area (Å²) >= 11 is 0. The van der Waals surface area contributed by atoms with Crippen LogP contribution in [0.3, 0.4) is 0 Å². The van der Waals surface area contributed by atoms with Gasteiger partial charge < -0.3 is 28.8 Å². The van der Waals surface area contributed by atoms with E-state index in [0.29, 0.717) is 6.61 Å². The molecule has 116 valence electrons. The standard InChI is InChI=1S/C13H23NO6/c1-11(2)16-6-7(18-11)8-13(15,14-5)9-10(17-8)20-12(3,4)19-9/h7-10,14-15H,6H2,1-5H3/t7-,8-,9+,10-,13?/m1/s1. The summed E-state index contributed by atoms with van der Waals surface area (Å²) in [5.41, 5.74) is -1.38. The van der Waals surface area contributed by atoms with Gasteiger partial charge in [-0.2, -0.15) is 0 Å². The molecule has 3 fully saturated rings. The molecule has 0 aromatic heterocycles. The van der Waals surface area contributed by atoms with Crippen LogP contribution in [0.25, 0.3) is 0 Å². The summed E-state index contributed by atoms with van der Waals surface area (Å²) in [4.78, 5) is 0. The molecule has 5 atom stereocenters. The highest BCUT2D eigenvalue weighted by molar-refractivity contribution is 5.06. The highest BCUT2D eigenvalue weighted by atomic mass is 16.8. The summed E-state index contributed by atoms with van der Waals surface area (Å²) in [6, 6.07) is 0. The number of rotatable bonds is 2. The first-order valence-electron chi connectivity index (χ1n) is 6.91. The molecule has 1 unspecified atom stereocenters. The topological polar surface area (TPSA) is 78.4 Å². The zero-order valence-corrected chi connectivity index (χ0v) is 12.5. The lowest BCUT2D eigenvalue weighted by Gasteiger charge is -2.35. The Morgan fingerprint density at radius 2 is 1.70 bits per heavy atom. The van der Waals surface area contributed by atoms with Crippen molar-refractivity contribution in [1.29, 1.82) is 0 Å². The lowest BCUT2D eigenvalue weighted by Crippen LogP contribution is -2.62. The zero-order valence-electron chi connectivity index (χ0n) is 12.5. The molecule has 0 saturated carbocycles. The van der Waals surface area contributed by atoms with Crippen LogP contribution in [-0.2, 0) is 23.7 Å². The fraction of sp³-hybridized carbons (Fsp3) is 1.00. The monoisotopic (exact) mass is 289 g/mol. The Morgan fingerprint density at radius 3 is 2.25 bits per heavy atom. The molecule has 0 bridgehead atoms. The third-order valence-electron chi connectivity index (χ3n) is 3.97. The first kappa shape index (κ1) is 14.6. The molecular formula is C13H23NO6. The van der Waals surface area contributed by atoms with Crippen LogP contribution in [0, 0.1) is 0 Å². The SMILES string of the molecule is CNC1(O)[C@@H]([C@H]2COC(C)(C)O2)O[C@@H]2OC(C)(C)O[C@@H]21. The molecule has 7 nitrogen and oxygen atoms in total. The van der Waals surface area contributed by atoms with Crippen molar-refractivity contribution in [3.8, 4) is 0 Å². The molecule has 0 spiro atoms. The fourth-order valence-corrected chi connectivity index (χ4v) is 3.06. The van der Waals surface area contributed by atoms with Gasteiger partial charge in [0.05, 0.1) is 6.61 Å². The molecule has 3 rings (SSSR count). The molecule has 3 aliphatic heterocycles. The van der Waals surface area contributed by atoms with Crippen molar-refractivity contribution >= 4 is 0 Å². The first-order chi connectivity index (χ1) is 9.17. The molecule has 0 amide bonds. The van der Waals surface area contributed by atoms with Crippen molar-refractivity contribution in [2.24, 2.45) is 0 Å². The minimum absolute atomic E-state index is 0.352. The molecule has 0 radical (unpaired) electrons. The van der Waals surface area contributed by atoms with E-state index >= 15 is 0 Å². The Labute approximate surface area is 118 Å². The van der Waals surface area contributed by atoms with Gasteiger partial charge in [0.15, 0.2) is 29.7 Å². The average Bonchev–Trinajstić information content (AvgIpc) is 2.91. The number of aliphatic hydroxyl groups is 1. The van der Waals surface area contributed by atoms with Crippen molar-refractivity contribution in [1.82, 2.24) is 5.32 Å². The minimum atomic E-state index is -1.38. The van der Waals surface area contributed by atoms with E-state index in [1.165, 1.54) is 0 Å². The number of ether oxygens (including phenoxy) is 5. The first-order valence-corrected chi connectivity index (χ1v) is 6.91. The maximum Gasteiger partial charge on any atom is 0.192 e. The predicted molar refractivity (Wildman–Crippen MR) is 67.6 cm³/mol. The molecule has 3 aliphatic rings. The van der Waals surface area contributed by atoms with Gasteiger partial charge in [-0.05, 0) is 34.7 Å². The molecule has 3 heterocycles. The summed E-state index contributed by atoms with van der Waals surface area (Å²) < 4.78 is 28.6. The lowest BCUT2D eigenvalue weighted by atomic mass is 9.98. The van der Waals surface area contributed by atoms with Crippen LogP contribution in [0.5, 0.6) is 0 Å². The van der Waals surface area contributed by atoms with Crippen molar-refractivity contribution in [3.63, 3.8) is 0 Å². The van der Waals surface area contributed by atoms with Gasteiger partial charge in [-0.1, -0.05) is 0 Å². The van der Waals surface area contributed by atoms with Gasteiger partial charge in [-0.15, -0.1) is 0 Å². The Kier molecular flexibility index (Phi) is 3.19. The molecule has 0 aromatic carbocycles. The Balaban J connectivity index is 1.81. The van der Waals surface area contributed by atoms with Crippen molar-refractivity contribution in [3.05, 3.63) is 0 Å². The van der Waals surface area contributed by atoms with Crippen molar-refractivity contribution in [2.45, 2.75) is 69.6 Å². The molecular weight excluding hydrogens is 266 g/mol. The summed E-state index contributed by atoms with van der Waals surface area (Å²) in [6.45, 7) is 7.59. The van der Waals surface area contributed by atoms with Gasteiger partial charge in [-0.25, -0.2) is 0 Å². The van der Waals surface area contributed by atoms with Gasteiger partial charge in [0.2, 0.25) is 0 Å². The third-order valence-corrected chi connectivity index (χ3v) is 3.97. The number of hydrogen-bond acceptors (Lipinski definition) is 7. The van der Waals surface area contributed by atoms with Crippen LogP contribution in [0.2, 0.25) is 0 Å². The second-order valence-electron chi connectivity index (χ2n) is 6.42. The number of likely N-dealkylation sites (N-methyl/N-ethyl adjacent to an activating group) is 1. The zero-order chi connectivity index (χ0) is 14.8. The second-order valence-corrected chi connectivity index (χ2v) is 6.42. The number of nitrogens with one attached hydrogen (secondary N) is 1. The largest absolute Gasteiger partial charge is 0.370 e. The molecule has 7 heteroatoms. The Hall–Kier alpha value is -0.280. The minimum Gasteiger partial charge on any atom is -0.370 e. The van der Waals surface area contributed by atoms with Crippen LogP contribution in [0.1, 0.15) is 27.7 Å². The van der Waals surface area contributed by atoms with E-state index in [2.05, 4.69) is 5.32 Å². The second kappa shape index (κ2) is 4.36. The van der Waals surface area contributed by atoms with Crippen LogP contribution in [0.4, 0.5) is 0 Å². The quantitative estimate of drug-likeness (QED) is 0.689. The molecule has 0 aliphatic carbocycles. The van der Waals surface area contributed by atoms with Crippen LogP contribution in [0.15, 0.2) is 0 Å². The van der Waals surface area contributed by atoms with Gasteiger partial charge in [0.1, 0.15) is 12.2 Å². The summed E-state index contributed by atoms with van der Waals surface area (Å²) in [7, 11) is 1.66. The van der Waals surface area contributed by atoms with E-state index in [-0.39, 0.29) is 6.10 Å². The fourth-order valence-electron chi connectivity index (χ4n) is 3.06. The van der Waals surface area contributed by atoms with Crippen LogP contribution < -0.4 is 5.32 Å². The van der Waals surface area contributed by atoms with Crippen LogP contribution >= 0.6 is 0 Å². The van der Waals surface area contributed by atoms with E-state index in [1.54, 1.807) is 20.9 Å². The summed E-state index contributed by atoms with van der Waals surface area (Å²) in [5, 5.41) is 13.8. The van der Waals surface area contributed by atoms with E-state index in [1.807, 2.05) is 13.8 Å². The Morgan fingerprint density at radius 1 is 1.00 bits per heavy atom. The number of hydrogen-bond donors (Lipinski definition) is 2. The average molecular weight is 289 g/mol. The molecule has 0 aromatic rings. The maximum absolute atomic E-state index is 10.9. The van der Waals surface area contributed by atoms with Gasteiger partial charge in [0.25, 0.3) is 0 Å². The van der Waals surface area contributed by atoms with Crippen molar-refractivity contribution < 1.29 is 28.8 Å². The van der Waals surface area contributed by atoms with E-state index < -0.39 is 35.8 Å². The van der Waals surface area contributed by atoms with E-state index in [4.69, 9.17) is 23.7 Å². The summed E-state index contributed by atoms with van der Waals surface area (Å²) in [6.07, 6.45) is -2.25. The molecule has 3 saturated heterocycles. The van der Waals surface area contributed by atoms with Gasteiger partial charge in [0, 0.05) is 0 Å². The molecule has 2 N–H and O–H groups in total. The number of fused-ring (bicyclic) bond motifs is 1. The lowest BCUT2D eigenvalue weighted by molar-refractivity contribution is -0.252. The highest BCUT2D eigenvalue weighted by Gasteiger charge is 2.65. The van der Waals surface area contributed by atoms with E-state index in [0.717, 1.165) is 0 Å². The van der Waals surface area contributed by atoms with Crippen molar-refractivity contribution in [2.75, 3.05) is 13.7 Å². The highest BCUT2D eigenvalue weighted by Crippen LogP contribution is 2.44. The third kappa shape index (κ3) is 2.18. The van der Waals surface area contributed by atoms with E-state index in [9.17, 15) is 5.11 Å². The smallest absolute Gasteiger partial charge is 0.192 e. The Bertz CT molecular complexity index is 400. The normalized spacial score (nSPS) is 49.5. The van der Waals surface area contributed by atoms with Crippen LogP contribution in [-0.4, -0.2) is 60.7 Å². The maximum atomic E-state index is 10.9. The van der Waals surface area contributed by atoms with Gasteiger partial charge >= 0.3 is 0 Å². The summed E-state index contributed by atoms with van der Waals surface area (Å²) in [5.74, 6) is -1.46. The van der Waals surface area contributed by atoms with Gasteiger partial charge in [-0.3, -0.25) is 5.32 Å². The predicted octanol–water partition coefficient (Wildman–Crippen LogP) is -0.0777. The molecule has 20 heavy (non-hydrogen) atoms.